The zero-order valence-electron chi connectivity index (χ0n) is 9.53. The van der Waals surface area contributed by atoms with Crippen molar-refractivity contribution in [3.63, 3.8) is 0 Å². The highest BCUT2D eigenvalue weighted by Gasteiger charge is 2.33. The molecular formula is C12H9NO5S. The number of hydrogen-bond acceptors (Lipinski definition) is 6. The first-order chi connectivity index (χ1) is 8.98. The van der Waals surface area contributed by atoms with E-state index in [4.69, 9.17) is 5.73 Å². The number of fused-ring (bicyclic) bond motifs is 1. The zero-order chi connectivity index (χ0) is 13.6. The molecule has 0 unspecified atom stereocenters. The SMILES string of the molecule is Nc1c(-c2ccccc2)cc2c(c1O)OS(=O)(=O)O2. The average molecular weight is 279 g/mol. The summed E-state index contributed by atoms with van der Waals surface area (Å²) in [6.07, 6.45) is 0. The van der Waals surface area contributed by atoms with Crippen molar-refractivity contribution in [2.45, 2.75) is 0 Å². The number of hydrogen-bond donors (Lipinski definition) is 2. The fraction of sp³-hybridized carbons (Fsp3) is 0. The van der Waals surface area contributed by atoms with E-state index in [-0.39, 0.29) is 17.2 Å². The molecule has 2 aromatic carbocycles. The van der Waals surface area contributed by atoms with Gasteiger partial charge in [-0.25, -0.2) is 0 Å². The maximum absolute atomic E-state index is 11.2. The number of anilines is 1. The Kier molecular flexibility index (Phi) is 2.33. The molecule has 1 aliphatic heterocycles. The van der Waals surface area contributed by atoms with Crippen molar-refractivity contribution < 1.29 is 21.9 Å². The normalized spacial score (nSPS) is 15.4. The predicted molar refractivity (Wildman–Crippen MR) is 68.1 cm³/mol. The number of benzene rings is 2. The van der Waals surface area contributed by atoms with Crippen molar-refractivity contribution in [3.05, 3.63) is 36.4 Å². The van der Waals surface area contributed by atoms with Gasteiger partial charge in [-0.2, -0.15) is 0 Å². The first-order valence-corrected chi connectivity index (χ1v) is 6.66. The molecule has 19 heavy (non-hydrogen) atoms. The lowest BCUT2D eigenvalue weighted by Gasteiger charge is -2.09. The van der Waals surface area contributed by atoms with Crippen molar-refractivity contribution in [2.75, 3.05) is 5.73 Å². The van der Waals surface area contributed by atoms with Crippen LogP contribution in [-0.2, 0) is 10.4 Å². The zero-order valence-corrected chi connectivity index (χ0v) is 10.3. The van der Waals surface area contributed by atoms with E-state index < -0.39 is 16.1 Å². The van der Waals surface area contributed by atoms with Crippen LogP contribution in [0, 0.1) is 0 Å². The third kappa shape index (κ3) is 1.84. The molecule has 0 aliphatic carbocycles. The van der Waals surface area contributed by atoms with Crippen LogP contribution >= 0.6 is 0 Å². The lowest BCUT2D eigenvalue weighted by atomic mass is 10.0. The summed E-state index contributed by atoms with van der Waals surface area (Å²) in [5.41, 5.74) is 7.03. The van der Waals surface area contributed by atoms with Gasteiger partial charge in [0.15, 0.2) is 11.5 Å². The Hall–Kier alpha value is -2.41. The summed E-state index contributed by atoms with van der Waals surface area (Å²) >= 11 is 0. The minimum atomic E-state index is -4.16. The van der Waals surface area contributed by atoms with Gasteiger partial charge in [0.05, 0.1) is 5.69 Å². The number of phenols is 1. The Morgan fingerprint density at radius 3 is 2.47 bits per heavy atom. The first-order valence-electron chi connectivity index (χ1n) is 5.33. The van der Waals surface area contributed by atoms with Gasteiger partial charge in [0, 0.05) is 5.56 Å². The molecule has 3 N–H and O–H groups in total. The van der Waals surface area contributed by atoms with E-state index in [0.717, 1.165) is 5.56 Å². The lowest BCUT2D eigenvalue weighted by Crippen LogP contribution is -2.08. The topological polar surface area (TPSA) is 98.9 Å². The minimum absolute atomic E-state index is 0.0330. The predicted octanol–water partition coefficient (Wildman–Crippen LogP) is 1.66. The minimum Gasteiger partial charge on any atom is -0.503 e. The van der Waals surface area contributed by atoms with E-state index in [2.05, 4.69) is 8.37 Å². The molecule has 0 aromatic heterocycles. The van der Waals surface area contributed by atoms with Crippen LogP contribution in [0.15, 0.2) is 36.4 Å². The molecule has 98 valence electrons. The van der Waals surface area contributed by atoms with Crippen LogP contribution in [0.5, 0.6) is 17.2 Å². The van der Waals surface area contributed by atoms with Gasteiger partial charge in [-0.05, 0) is 11.6 Å². The summed E-state index contributed by atoms with van der Waals surface area (Å²) < 4.78 is 31.5. The highest BCUT2D eigenvalue weighted by molar-refractivity contribution is 7.82. The van der Waals surface area contributed by atoms with Gasteiger partial charge < -0.3 is 19.2 Å². The van der Waals surface area contributed by atoms with Crippen LogP contribution in [0.3, 0.4) is 0 Å². The summed E-state index contributed by atoms with van der Waals surface area (Å²) in [7, 11) is -4.16. The molecule has 0 atom stereocenters. The summed E-state index contributed by atoms with van der Waals surface area (Å²) in [6, 6.07) is 10.4. The highest BCUT2D eigenvalue weighted by Crippen LogP contribution is 2.50. The summed E-state index contributed by atoms with van der Waals surface area (Å²) in [5, 5.41) is 9.90. The number of phenolic OH excluding ortho intramolecular Hbond substituents is 1. The van der Waals surface area contributed by atoms with Crippen LogP contribution in [-0.4, -0.2) is 13.5 Å². The van der Waals surface area contributed by atoms with Crippen molar-refractivity contribution in [2.24, 2.45) is 0 Å². The molecule has 1 aliphatic rings. The molecule has 0 bridgehead atoms. The third-order valence-corrected chi connectivity index (χ3v) is 3.48. The van der Waals surface area contributed by atoms with E-state index in [1.165, 1.54) is 6.07 Å². The van der Waals surface area contributed by atoms with E-state index in [1.54, 1.807) is 24.3 Å². The Morgan fingerprint density at radius 2 is 1.79 bits per heavy atom. The molecule has 2 aromatic rings. The van der Waals surface area contributed by atoms with E-state index in [0.29, 0.717) is 5.56 Å². The number of nitrogens with two attached hydrogens (primary N) is 1. The van der Waals surface area contributed by atoms with Crippen molar-refractivity contribution in [3.8, 4) is 28.4 Å². The second-order valence-electron chi connectivity index (χ2n) is 3.95. The molecule has 0 saturated carbocycles. The standard InChI is InChI=1S/C12H9NO5S/c13-10-8(7-4-2-1-3-5-7)6-9-12(11(10)14)18-19(15,16)17-9/h1-6,14H,13H2. The fourth-order valence-corrected chi connectivity index (χ4v) is 2.61. The largest absolute Gasteiger partial charge is 0.503 e. The van der Waals surface area contributed by atoms with Gasteiger partial charge in [-0.1, -0.05) is 30.3 Å². The van der Waals surface area contributed by atoms with Gasteiger partial charge in [0.2, 0.25) is 5.75 Å². The molecule has 0 saturated heterocycles. The molecule has 1 heterocycles. The molecule has 3 rings (SSSR count). The second-order valence-corrected chi connectivity index (χ2v) is 5.10. The molecule has 0 radical (unpaired) electrons. The highest BCUT2D eigenvalue weighted by atomic mass is 32.3. The monoisotopic (exact) mass is 279 g/mol. The lowest BCUT2D eigenvalue weighted by molar-refractivity contribution is 0.420. The van der Waals surface area contributed by atoms with Gasteiger partial charge in [0.25, 0.3) is 0 Å². The van der Waals surface area contributed by atoms with Gasteiger partial charge >= 0.3 is 10.4 Å². The summed E-state index contributed by atoms with van der Waals surface area (Å²) in [6.45, 7) is 0. The second kappa shape index (κ2) is 3.79. The van der Waals surface area contributed by atoms with Crippen molar-refractivity contribution in [1.82, 2.24) is 0 Å². The smallest absolute Gasteiger partial charge is 0.501 e. The Bertz CT molecular complexity index is 755. The molecule has 0 fully saturated rings. The van der Waals surface area contributed by atoms with Crippen LogP contribution in [0.25, 0.3) is 11.1 Å². The van der Waals surface area contributed by atoms with E-state index in [9.17, 15) is 13.5 Å². The van der Waals surface area contributed by atoms with Gasteiger partial charge in [-0.15, -0.1) is 8.42 Å². The van der Waals surface area contributed by atoms with E-state index in [1.807, 2.05) is 6.07 Å². The third-order valence-electron chi connectivity index (χ3n) is 2.72. The average Bonchev–Trinajstić information content (AvgIpc) is 2.70. The van der Waals surface area contributed by atoms with Crippen LogP contribution < -0.4 is 14.1 Å². The summed E-state index contributed by atoms with van der Waals surface area (Å²) in [5.74, 6) is -0.805. The molecular weight excluding hydrogens is 270 g/mol. The number of nitrogen functional groups attached to an aromatic ring is 1. The fourth-order valence-electron chi connectivity index (χ4n) is 1.87. The molecule has 7 heteroatoms. The van der Waals surface area contributed by atoms with Crippen LogP contribution in [0.1, 0.15) is 0 Å². The summed E-state index contributed by atoms with van der Waals surface area (Å²) in [4.78, 5) is 0. The Morgan fingerprint density at radius 1 is 1.11 bits per heavy atom. The van der Waals surface area contributed by atoms with E-state index >= 15 is 0 Å². The van der Waals surface area contributed by atoms with Gasteiger partial charge in [0.1, 0.15) is 0 Å². The van der Waals surface area contributed by atoms with Gasteiger partial charge in [-0.3, -0.25) is 0 Å². The molecule has 0 spiro atoms. The van der Waals surface area contributed by atoms with Crippen LogP contribution in [0.4, 0.5) is 5.69 Å². The van der Waals surface area contributed by atoms with Crippen molar-refractivity contribution >= 4 is 16.1 Å². The maximum Gasteiger partial charge on any atom is 0.501 e. The van der Waals surface area contributed by atoms with Crippen molar-refractivity contribution in [1.29, 1.82) is 0 Å². The number of rotatable bonds is 1. The quantitative estimate of drug-likeness (QED) is 0.608. The first kappa shape index (κ1) is 11.7. The Labute approximate surface area is 109 Å². The maximum atomic E-state index is 11.2. The Balaban J connectivity index is 2.24. The molecule has 0 amide bonds. The molecule has 6 nitrogen and oxygen atoms in total. The number of aromatic hydroxyl groups is 1. The van der Waals surface area contributed by atoms with Crippen LogP contribution in [0.2, 0.25) is 0 Å².